The number of fused-ring (bicyclic) bond motifs is 2. The zero-order valence-electron chi connectivity index (χ0n) is 12.5. The van der Waals surface area contributed by atoms with E-state index in [2.05, 4.69) is 6.07 Å². The topological polar surface area (TPSA) is 84.6 Å². The number of hydrogen-bond acceptors (Lipinski definition) is 3. The second-order valence-electron chi connectivity index (χ2n) is 6.00. The molecule has 2 fully saturated rings. The minimum atomic E-state index is -0.747. The summed E-state index contributed by atoms with van der Waals surface area (Å²) in [5.41, 5.74) is 0. The van der Waals surface area contributed by atoms with E-state index in [4.69, 9.17) is 10.4 Å². The molecule has 2 amide bonds. The van der Waals surface area contributed by atoms with Crippen molar-refractivity contribution in [1.29, 1.82) is 5.26 Å². The molecule has 2 aliphatic rings. The first-order valence-corrected chi connectivity index (χ1v) is 7.72. The van der Waals surface area contributed by atoms with Gasteiger partial charge in [0.15, 0.2) is 0 Å². The lowest BCUT2D eigenvalue weighted by Crippen LogP contribution is -2.52. The van der Waals surface area contributed by atoms with Crippen molar-refractivity contribution in [1.82, 2.24) is 9.80 Å². The zero-order valence-corrected chi connectivity index (χ0v) is 12.5. The molecule has 0 aromatic carbocycles. The Bertz CT molecular complexity index is 432. The molecular weight excluding hydrogens is 270 g/mol. The predicted octanol–water partition coefficient (Wildman–Crippen LogP) is 2.06. The molecular formula is C15H23N3O3. The molecule has 6 nitrogen and oxygen atoms in total. The number of piperidine rings is 1. The van der Waals surface area contributed by atoms with E-state index in [1.165, 1.54) is 0 Å². The molecule has 0 aromatic rings. The van der Waals surface area contributed by atoms with Crippen LogP contribution < -0.4 is 0 Å². The van der Waals surface area contributed by atoms with Crippen LogP contribution in [0.15, 0.2) is 0 Å². The summed E-state index contributed by atoms with van der Waals surface area (Å²) >= 11 is 0. The van der Waals surface area contributed by atoms with E-state index >= 15 is 0 Å². The molecule has 0 radical (unpaired) electrons. The molecule has 0 aromatic heterocycles. The molecule has 21 heavy (non-hydrogen) atoms. The summed E-state index contributed by atoms with van der Waals surface area (Å²) in [6.45, 7) is 3.00. The molecule has 2 atom stereocenters. The number of nitriles is 1. The van der Waals surface area contributed by atoms with Crippen LogP contribution in [-0.2, 0) is 4.79 Å². The Morgan fingerprint density at radius 1 is 1.33 bits per heavy atom. The number of urea groups is 1. The Labute approximate surface area is 125 Å². The Kier molecular flexibility index (Phi) is 5.05. The van der Waals surface area contributed by atoms with Crippen molar-refractivity contribution < 1.29 is 14.7 Å². The van der Waals surface area contributed by atoms with Gasteiger partial charge < -0.3 is 14.9 Å². The number of carbonyl (C=O) groups is 2. The molecule has 2 saturated heterocycles. The maximum absolute atomic E-state index is 12.7. The number of nitrogens with zero attached hydrogens (tertiary/aromatic N) is 3. The van der Waals surface area contributed by atoms with Gasteiger partial charge in [-0.2, -0.15) is 5.26 Å². The van der Waals surface area contributed by atoms with Gasteiger partial charge in [-0.3, -0.25) is 4.79 Å². The van der Waals surface area contributed by atoms with E-state index in [9.17, 15) is 9.59 Å². The molecule has 2 aliphatic heterocycles. The summed E-state index contributed by atoms with van der Waals surface area (Å²) in [6, 6.07) is 2.46. The Hall–Kier alpha value is -1.77. The fourth-order valence-electron chi connectivity index (χ4n) is 3.75. The van der Waals surface area contributed by atoms with Crippen LogP contribution in [0.5, 0.6) is 0 Å². The fourth-order valence-corrected chi connectivity index (χ4v) is 3.75. The van der Waals surface area contributed by atoms with Crippen LogP contribution in [-0.4, -0.2) is 52.1 Å². The molecule has 0 aliphatic carbocycles. The van der Waals surface area contributed by atoms with Gasteiger partial charge in [0.1, 0.15) is 0 Å². The molecule has 116 valence electrons. The van der Waals surface area contributed by atoms with E-state index < -0.39 is 5.97 Å². The third kappa shape index (κ3) is 3.46. The Balaban J connectivity index is 2.00. The minimum Gasteiger partial charge on any atom is -0.481 e. The second kappa shape index (κ2) is 6.79. The molecule has 2 heterocycles. The van der Waals surface area contributed by atoms with Crippen LogP contribution in [0.4, 0.5) is 4.79 Å². The summed E-state index contributed by atoms with van der Waals surface area (Å²) in [7, 11) is 0. The van der Waals surface area contributed by atoms with E-state index in [0.29, 0.717) is 19.5 Å². The standard InChI is InChI=1S/C15H23N3O3/c1-2-17(7-3-6-16)15(21)18-12-4-5-13(18)9-11(8-12)10-14(19)20/h11-13H,2-5,7-10H2,1H3,(H,19,20). The lowest BCUT2D eigenvalue weighted by molar-refractivity contribution is -0.138. The van der Waals surface area contributed by atoms with Gasteiger partial charge in [0.2, 0.25) is 0 Å². The smallest absolute Gasteiger partial charge is 0.320 e. The first kappa shape index (κ1) is 15.6. The van der Waals surface area contributed by atoms with Crippen LogP contribution in [0.1, 0.15) is 45.4 Å². The van der Waals surface area contributed by atoms with E-state index in [-0.39, 0.29) is 30.5 Å². The van der Waals surface area contributed by atoms with Gasteiger partial charge in [-0.05, 0) is 38.5 Å². The van der Waals surface area contributed by atoms with Gasteiger partial charge in [-0.1, -0.05) is 0 Å². The molecule has 2 unspecified atom stereocenters. The first-order valence-electron chi connectivity index (χ1n) is 7.72. The SMILES string of the molecule is CCN(CCC#N)C(=O)N1C2CCC1CC(CC(=O)O)C2. The normalized spacial score (nSPS) is 27.2. The quantitative estimate of drug-likeness (QED) is 0.840. The number of carboxylic acid groups (broad SMARTS) is 1. The van der Waals surface area contributed by atoms with Crippen LogP contribution in [0.2, 0.25) is 0 Å². The van der Waals surface area contributed by atoms with Gasteiger partial charge >= 0.3 is 12.0 Å². The molecule has 2 rings (SSSR count). The third-order valence-electron chi connectivity index (χ3n) is 4.66. The van der Waals surface area contributed by atoms with Gasteiger partial charge in [-0.15, -0.1) is 0 Å². The second-order valence-corrected chi connectivity index (χ2v) is 6.00. The Morgan fingerprint density at radius 3 is 2.43 bits per heavy atom. The summed E-state index contributed by atoms with van der Waals surface area (Å²) < 4.78 is 0. The lowest BCUT2D eigenvalue weighted by atomic mass is 9.88. The highest BCUT2D eigenvalue weighted by Crippen LogP contribution is 2.40. The number of carbonyl (C=O) groups excluding carboxylic acids is 1. The first-order chi connectivity index (χ1) is 10.1. The highest BCUT2D eigenvalue weighted by atomic mass is 16.4. The summed E-state index contributed by atoms with van der Waals surface area (Å²) in [6.07, 6.45) is 4.10. The summed E-state index contributed by atoms with van der Waals surface area (Å²) in [5.74, 6) is -0.554. The summed E-state index contributed by atoms with van der Waals surface area (Å²) in [4.78, 5) is 27.2. The Morgan fingerprint density at radius 2 is 1.95 bits per heavy atom. The highest BCUT2D eigenvalue weighted by molar-refractivity contribution is 5.76. The molecule has 0 spiro atoms. The van der Waals surface area contributed by atoms with Gasteiger partial charge in [0.25, 0.3) is 0 Å². The van der Waals surface area contributed by atoms with Crippen molar-refractivity contribution in [2.75, 3.05) is 13.1 Å². The molecule has 6 heteroatoms. The number of hydrogen-bond donors (Lipinski definition) is 1. The number of aliphatic carboxylic acids is 1. The monoisotopic (exact) mass is 293 g/mol. The maximum atomic E-state index is 12.7. The van der Waals surface area contributed by atoms with Gasteiger partial charge in [0, 0.05) is 31.6 Å². The fraction of sp³-hybridized carbons (Fsp3) is 0.800. The molecule has 1 N–H and O–H groups in total. The highest BCUT2D eigenvalue weighted by Gasteiger charge is 2.44. The molecule has 0 saturated carbocycles. The number of carboxylic acids is 1. The third-order valence-corrected chi connectivity index (χ3v) is 4.66. The van der Waals surface area contributed by atoms with Crippen molar-refractivity contribution in [3.05, 3.63) is 0 Å². The van der Waals surface area contributed by atoms with Crippen molar-refractivity contribution in [2.45, 2.75) is 57.5 Å². The van der Waals surface area contributed by atoms with Crippen LogP contribution in [0, 0.1) is 17.2 Å². The molecule has 2 bridgehead atoms. The largest absolute Gasteiger partial charge is 0.481 e. The average Bonchev–Trinajstić information content (AvgIpc) is 2.70. The van der Waals surface area contributed by atoms with Gasteiger partial charge in [-0.25, -0.2) is 4.79 Å². The van der Waals surface area contributed by atoms with E-state index in [0.717, 1.165) is 25.7 Å². The lowest BCUT2D eigenvalue weighted by Gasteiger charge is -2.41. The van der Waals surface area contributed by atoms with Crippen LogP contribution >= 0.6 is 0 Å². The van der Waals surface area contributed by atoms with Crippen molar-refractivity contribution in [2.24, 2.45) is 5.92 Å². The van der Waals surface area contributed by atoms with E-state index in [1.54, 1.807) is 4.90 Å². The van der Waals surface area contributed by atoms with Crippen LogP contribution in [0.3, 0.4) is 0 Å². The van der Waals surface area contributed by atoms with Gasteiger partial charge in [0.05, 0.1) is 12.5 Å². The minimum absolute atomic E-state index is 0.0222. The van der Waals surface area contributed by atoms with E-state index in [1.807, 2.05) is 11.8 Å². The zero-order chi connectivity index (χ0) is 15.4. The van der Waals surface area contributed by atoms with Crippen molar-refractivity contribution >= 4 is 12.0 Å². The van der Waals surface area contributed by atoms with Crippen LogP contribution in [0.25, 0.3) is 0 Å². The number of rotatable bonds is 5. The summed E-state index contributed by atoms with van der Waals surface area (Å²) in [5, 5.41) is 17.6. The predicted molar refractivity (Wildman–Crippen MR) is 76.5 cm³/mol. The van der Waals surface area contributed by atoms with Crippen molar-refractivity contribution in [3.8, 4) is 6.07 Å². The van der Waals surface area contributed by atoms with Crippen molar-refractivity contribution in [3.63, 3.8) is 0 Å². The average molecular weight is 293 g/mol. The number of amides is 2. The maximum Gasteiger partial charge on any atom is 0.320 e.